The summed E-state index contributed by atoms with van der Waals surface area (Å²) in [5, 5.41) is 6.50. The standard InChI is InChI=1S/C18H25FN2O/c19-15-10-8-14(9-11-15)18(13-4-3-5-13)20-12-17(22)21-16-6-1-2-7-16/h8-11,13,16,18,20H,1-7,12H2,(H,21,22). The fraction of sp³-hybridized carbons (Fsp3) is 0.611. The van der Waals surface area contributed by atoms with Crippen LogP contribution in [0.25, 0.3) is 0 Å². The molecule has 0 heterocycles. The van der Waals surface area contributed by atoms with Crippen LogP contribution in [0.4, 0.5) is 4.39 Å². The Bertz CT molecular complexity index is 492. The van der Waals surface area contributed by atoms with Gasteiger partial charge in [-0.15, -0.1) is 0 Å². The second kappa shape index (κ2) is 7.23. The molecule has 2 fully saturated rings. The van der Waals surface area contributed by atoms with E-state index in [9.17, 15) is 9.18 Å². The van der Waals surface area contributed by atoms with E-state index in [0.717, 1.165) is 18.4 Å². The minimum atomic E-state index is -0.213. The van der Waals surface area contributed by atoms with E-state index >= 15 is 0 Å². The molecule has 3 nitrogen and oxygen atoms in total. The zero-order valence-corrected chi connectivity index (χ0v) is 13.0. The number of hydrogen-bond donors (Lipinski definition) is 2. The van der Waals surface area contributed by atoms with E-state index in [1.54, 1.807) is 0 Å². The average Bonchev–Trinajstić information content (AvgIpc) is 2.95. The molecule has 0 aliphatic heterocycles. The van der Waals surface area contributed by atoms with Gasteiger partial charge in [-0.25, -0.2) is 4.39 Å². The zero-order chi connectivity index (χ0) is 15.4. The number of hydrogen-bond acceptors (Lipinski definition) is 2. The summed E-state index contributed by atoms with van der Waals surface area (Å²) >= 11 is 0. The number of nitrogens with one attached hydrogen (secondary N) is 2. The third kappa shape index (κ3) is 3.86. The zero-order valence-electron chi connectivity index (χ0n) is 13.0. The lowest BCUT2D eigenvalue weighted by Crippen LogP contribution is -2.42. The van der Waals surface area contributed by atoms with Crippen molar-refractivity contribution < 1.29 is 9.18 Å². The number of carbonyl (C=O) groups is 1. The van der Waals surface area contributed by atoms with Gasteiger partial charge in [0.15, 0.2) is 0 Å². The van der Waals surface area contributed by atoms with E-state index in [2.05, 4.69) is 10.6 Å². The topological polar surface area (TPSA) is 41.1 Å². The Morgan fingerprint density at radius 3 is 2.36 bits per heavy atom. The van der Waals surface area contributed by atoms with Gasteiger partial charge in [-0.05, 0) is 49.3 Å². The molecule has 2 aliphatic carbocycles. The normalized spacial score (nSPS) is 20.6. The molecule has 22 heavy (non-hydrogen) atoms. The largest absolute Gasteiger partial charge is 0.352 e. The Balaban J connectivity index is 1.55. The maximum Gasteiger partial charge on any atom is 0.234 e. The lowest BCUT2D eigenvalue weighted by atomic mass is 9.77. The molecule has 1 unspecified atom stereocenters. The van der Waals surface area contributed by atoms with Crippen LogP contribution in [0.5, 0.6) is 0 Å². The highest BCUT2D eigenvalue weighted by molar-refractivity contribution is 5.78. The van der Waals surface area contributed by atoms with Gasteiger partial charge in [0, 0.05) is 12.1 Å². The van der Waals surface area contributed by atoms with Gasteiger partial charge in [-0.2, -0.15) is 0 Å². The molecule has 1 aromatic rings. The minimum Gasteiger partial charge on any atom is -0.352 e. The number of benzene rings is 1. The van der Waals surface area contributed by atoms with Gasteiger partial charge in [0.2, 0.25) is 5.91 Å². The van der Waals surface area contributed by atoms with Crippen LogP contribution in [0, 0.1) is 11.7 Å². The molecule has 4 heteroatoms. The average molecular weight is 304 g/mol. The van der Waals surface area contributed by atoms with Crippen LogP contribution in [0.1, 0.15) is 56.6 Å². The first kappa shape index (κ1) is 15.5. The minimum absolute atomic E-state index is 0.0818. The smallest absolute Gasteiger partial charge is 0.234 e. The fourth-order valence-corrected chi connectivity index (χ4v) is 3.55. The predicted molar refractivity (Wildman–Crippen MR) is 84.9 cm³/mol. The van der Waals surface area contributed by atoms with Crippen molar-refractivity contribution in [3.05, 3.63) is 35.6 Å². The highest BCUT2D eigenvalue weighted by atomic mass is 19.1. The third-order valence-electron chi connectivity index (χ3n) is 5.05. The molecule has 0 bridgehead atoms. The van der Waals surface area contributed by atoms with Gasteiger partial charge < -0.3 is 10.6 Å². The molecule has 0 saturated heterocycles. The third-order valence-corrected chi connectivity index (χ3v) is 5.05. The Kier molecular flexibility index (Phi) is 5.08. The van der Waals surface area contributed by atoms with Gasteiger partial charge in [0.1, 0.15) is 5.82 Å². The van der Waals surface area contributed by atoms with Crippen molar-refractivity contribution in [2.45, 2.75) is 57.0 Å². The monoisotopic (exact) mass is 304 g/mol. The molecule has 0 spiro atoms. The molecule has 2 N–H and O–H groups in total. The maximum absolute atomic E-state index is 13.1. The van der Waals surface area contributed by atoms with Crippen LogP contribution in [0.2, 0.25) is 0 Å². The molecule has 3 rings (SSSR count). The van der Waals surface area contributed by atoms with Crippen molar-refractivity contribution in [3.63, 3.8) is 0 Å². The summed E-state index contributed by atoms with van der Waals surface area (Å²) in [7, 11) is 0. The summed E-state index contributed by atoms with van der Waals surface area (Å²) in [6.07, 6.45) is 8.26. The van der Waals surface area contributed by atoms with Gasteiger partial charge in [-0.3, -0.25) is 4.79 Å². The highest BCUT2D eigenvalue weighted by Crippen LogP contribution is 2.37. The summed E-state index contributed by atoms with van der Waals surface area (Å²) in [4.78, 5) is 12.1. The quantitative estimate of drug-likeness (QED) is 0.846. The molecular formula is C18H25FN2O. The molecule has 120 valence electrons. The lowest BCUT2D eigenvalue weighted by molar-refractivity contribution is -0.121. The van der Waals surface area contributed by atoms with Gasteiger partial charge in [0.05, 0.1) is 6.54 Å². The molecule has 2 aliphatic rings. The van der Waals surface area contributed by atoms with Crippen molar-refractivity contribution >= 4 is 5.91 Å². The van der Waals surface area contributed by atoms with Crippen LogP contribution < -0.4 is 10.6 Å². The molecule has 0 aromatic heterocycles. The first-order chi connectivity index (χ1) is 10.7. The molecule has 2 saturated carbocycles. The summed E-state index contributed by atoms with van der Waals surface area (Å²) < 4.78 is 13.1. The number of halogens is 1. The van der Waals surface area contributed by atoms with Gasteiger partial charge >= 0.3 is 0 Å². The molecular weight excluding hydrogens is 279 g/mol. The Labute approximate surface area is 131 Å². The Morgan fingerprint density at radius 1 is 1.09 bits per heavy atom. The SMILES string of the molecule is O=C(CNC(c1ccc(F)cc1)C1CCC1)NC1CCCC1. The highest BCUT2D eigenvalue weighted by Gasteiger charge is 2.29. The Hall–Kier alpha value is -1.42. The molecule has 1 atom stereocenters. The van der Waals surface area contributed by atoms with Crippen molar-refractivity contribution in [2.24, 2.45) is 5.92 Å². The summed E-state index contributed by atoms with van der Waals surface area (Å²) in [5.41, 5.74) is 1.08. The second-order valence-corrected chi connectivity index (χ2v) is 6.65. The van der Waals surface area contributed by atoms with Crippen molar-refractivity contribution in [1.29, 1.82) is 0 Å². The van der Waals surface area contributed by atoms with Crippen LogP contribution in [0.15, 0.2) is 24.3 Å². The lowest BCUT2D eigenvalue weighted by Gasteiger charge is -2.34. The fourth-order valence-electron chi connectivity index (χ4n) is 3.55. The second-order valence-electron chi connectivity index (χ2n) is 6.65. The van der Waals surface area contributed by atoms with Crippen LogP contribution >= 0.6 is 0 Å². The maximum atomic E-state index is 13.1. The first-order valence-electron chi connectivity index (χ1n) is 8.50. The van der Waals surface area contributed by atoms with Crippen LogP contribution in [0.3, 0.4) is 0 Å². The van der Waals surface area contributed by atoms with Crippen LogP contribution in [-0.4, -0.2) is 18.5 Å². The molecule has 0 radical (unpaired) electrons. The molecule has 1 amide bonds. The molecule has 1 aromatic carbocycles. The van der Waals surface area contributed by atoms with E-state index in [-0.39, 0.29) is 17.8 Å². The van der Waals surface area contributed by atoms with E-state index in [1.165, 1.54) is 44.2 Å². The number of amides is 1. The Morgan fingerprint density at radius 2 is 1.77 bits per heavy atom. The number of carbonyl (C=O) groups excluding carboxylic acids is 1. The van der Waals surface area contributed by atoms with Gasteiger partial charge in [-0.1, -0.05) is 31.4 Å². The first-order valence-corrected chi connectivity index (χ1v) is 8.50. The van der Waals surface area contributed by atoms with Crippen molar-refractivity contribution in [1.82, 2.24) is 10.6 Å². The van der Waals surface area contributed by atoms with Gasteiger partial charge in [0.25, 0.3) is 0 Å². The number of rotatable bonds is 6. The summed E-state index contributed by atoms with van der Waals surface area (Å²) in [5.74, 6) is 0.429. The van der Waals surface area contributed by atoms with Crippen LogP contribution in [-0.2, 0) is 4.79 Å². The summed E-state index contributed by atoms with van der Waals surface area (Å²) in [6.45, 7) is 0.342. The van der Waals surface area contributed by atoms with E-state index < -0.39 is 0 Å². The van der Waals surface area contributed by atoms with Crippen molar-refractivity contribution in [3.8, 4) is 0 Å². The van der Waals surface area contributed by atoms with E-state index in [4.69, 9.17) is 0 Å². The predicted octanol–water partition coefficient (Wildman–Crippen LogP) is 3.32. The summed E-state index contributed by atoms with van der Waals surface area (Å²) in [6, 6.07) is 7.19. The van der Waals surface area contributed by atoms with E-state index in [1.807, 2.05) is 12.1 Å². The van der Waals surface area contributed by atoms with Crippen molar-refractivity contribution in [2.75, 3.05) is 6.54 Å². The van der Waals surface area contributed by atoms with E-state index in [0.29, 0.717) is 18.5 Å².